The SMILES string of the molecule is CN(C)S(=O)(=O)c1ccc(C(=O)N2CC(=O)Nc3ccc(F)cc3[C@H]2c2ccc(F)cc2)cc1. The van der Waals surface area contributed by atoms with Crippen molar-refractivity contribution in [2.45, 2.75) is 10.9 Å². The molecule has 0 spiro atoms. The molecule has 0 bridgehead atoms. The average molecular weight is 486 g/mol. The summed E-state index contributed by atoms with van der Waals surface area (Å²) in [4.78, 5) is 27.4. The lowest BCUT2D eigenvalue weighted by atomic mass is 9.95. The summed E-state index contributed by atoms with van der Waals surface area (Å²) in [5.74, 6) is -2.11. The van der Waals surface area contributed by atoms with Gasteiger partial charge in [0.2, 0.25) is 15.9 Å². The van der Waals surface area contributed by atoms with Gasteiger partial charge in [0.05, 0.1) is 10.9 Å². The van der Waals surface area contributed by atoms with E-state index in [1.807, 2.05) is 0 Å². The molecule has 10 heteroatoms. The first-order valence-corrected chi connectivity index (χ1v) is 11.7. The molecule has 4 rings (SSSR count). The Balaban J connectivity index is 1.81. The summed E-state index contributed by atoms with van der Waals surface area (Å²) < 4.78 is 53.6. The third-order valence-electron chi connectivity index (χ3n) is 5.53. The van der Waals surface area contributed by atoms with Crippen molar-refractivity contribution in [3.63, 3.8) is 0 Å². The Morgan fingerprint density at radius 2 is 1.59 bits per heavy atom. The van der Waals surface area contributed by atoms with Crippen molar-refractivity contribution in [1.29, 1.82) is 0 Å². The smallest absolute Gasteiger partial charge is 0.255 e. The van der Waals surface area contributed by atoms with Crippen LogP contribution in [0.15, 0.2) is 71.6 Å². The fraction of sp³-hybridized carbons (Fsp3) is 0.167. The molecule has 7 nitrogen and oxygen atoms in total. The second-order valence-corrected chi connectivity index (χ2v) is 10.1. The summed E-state index contributed by atoms with van der Waals surface area (Å²) in [5, 5.41) is 2.68. The van der Waals surface area contributed by atoms with Crippen LogP contribution in [-0.4, -0.2) is 50.1 Å². The second kappa shape index (κ2) is 8.96. The minimum atomic E-state index is -3.69. The average Bonchev–Trinajstić information content (AvgIpc) is 2.95. The molecule has 0 fully saturated rings. The third kappa shape index (κ3) is 4.42. The van der Waals surface area contributed by atoms with Gasteiger partial charge in [0, 0.05) is 30.9 Å². The minimum Gasteiger partial charge on any atom is -0.324 e. The molecule has 0 saturated carbocycles. The molecule has 3 aromatic carbocycles. The molecule has 0 aliphatic carbocycles. The van der Waals surface area contributed by atoms with E-state index in [9.17, 15) is 26.8 Å². The van der Waals surface area contributed by atoms with E-state index in [1.165, 1.54) is 85.7 Å². The molecular formula is C24H21F2N3O4S. The van der Waals surface area contributed by atoms with Crippen LogP contribution in [0.5, 0.6) is 0 Å². The van der Waals surface area contributed by atoms with Crippen molar-refractivity contribution >= 4 is 27.5 Å². The maximum atomic E-state index is 14.2. The zero-order valence-corrected chi connectivity index (χ0v) is 19.1. The number of rotatable bonds is 4. The number of hydrogen-bond acceptors (Lipinski definition) is 4. The molecule has 0 unspecified atom stereocenters. The zero-order chi connectivity index (χ0) is 24.6. The number of fused-ring (bicyclic) bond motifs is 1. The Bertz CT molecular complexity index is 1360. The standard InChI is InChI=1S/C24H21F2N3O4S/c1-28(2)34(32,33)19-10-5-16(6-11-19)24(31)29-14-22(30)27-21-12-9-18(26)13-20(21)23(29)15-3-7-17(25)8-4-15/h3-13,23H,14H2,1-2H3,(H,27,30)/t23-/m1/s1. The Morgan fingerprint density at radius 1 is 0.971 bits per heavy atom. The van der Waals surface area contributed by atoms with E-state index in [1.54, 1.807) is 0 Å². The number of benzene rings is 3. The van der Waals surface area contributed by atoms with Gasteiger partial charge in [0.1, 0.15) is 18.2 Å². The van der Waals surface area contributed by atoms with Gasteiger partial charge >= 0.3 is 0 Å². The molecule has 1 heterocycles. The van der Waals surface area contributed by atoms with Crippen LogP contribution < -0.4 is 5.32 Å². The van der Waals surface area contributed by atoms with Crippen LogP contribution in [0.1, 0.15) is 27.5 Å². The van der Waals surface area contributed by atoms with Crippen molar-refractivity contribution < 1.29 is 26.8 Å². The third-order valence-corrected chi connectivity index (χ3v) is 7.36. The summed E-state index contributed by atoms with van der Waals surface area (Å²) in [6.07, 6.45) is 0. The van der Waals surface area contributed by atoms with Gasteiger partial charge in [0.15, 0.2) is 0 Å². The van der Waals surface area contributed by atoms with E-state index in [0.717, 1.165) is 4.31 Å². The van der Waals surface area contributed by atoms with Gasteiger partial charge in [-0.2, -0.15) is 0 Å². The van der Waals surface area contributed by atoms with Crippen molar-refractivity contribution in [2.75, 3.05) is 26.0 Å². The van der Waals surface area contributed by atoms with E-state index in [-0.39, 0.29) is 17.0 Å². The van der Waals surface area contributed by atoms with Crippen molar-refractivity contribution in [1.82, 2.24) is 9.21 Å². The Kier molecular flexibility index (Phi) is 6.20. The number of nitrogens with one attached hydrogen (secondary N) is 1. The lowest BCUT2D eigenvalue weighted by Crippen LogP contribution is -2.39. The molecule has 1 aliphatic rings. The minimum absolute atomic E-state index is 0.00478. The summed E-state index contributed by atoms with van der Waals surface area (Å²) in [6, 6.07) is 13.6. The molecule has 1 aliphatic heterocycles. The Labute approximate surface area is 195 Å². The van der Waals surface area contributed by atoms with Crippen LogP contribution in [0.25, 0.3) is 0 Å². The van der Waals surface area contributed by atoms with Crippen LogP contribution >= 0.6 is 0 Å². The molecule has 1 N–H and O–H groups in total. The second-order valence-electron chi connectivity index (χ2n) is 7.98. The molecule has 34 heavy (non-hydrogen) atoms. The van der Waals surface area contributed by atoms with E-state index in [0.29, 0.717) is 16.8 Å². The summed E-state index contributed by atoms with van der Waals surface area (Å²) in [6.45, 7) is -0.352. The Hall–Kier alpha value is -3.63. The van der Waals surface area contributed by atoms with Crippen LogP contribution in [-0.2, 0) is 14.8 Å². The van der Waals surface area contributed by atoms with Gasteiger partial charge in [-0.1, -0.05) is 12.1 Å². The fourth-order valence-electron chi connectivity index (χ4n) is 3.82. The van der Waals surface area contributed by atoms with Gasteiger partial charge < -0.3 is 10.2 Å². The van der Waals surface area contributed by atoms with Crippen molar-refractivity contribution in [2.24, 2.45) is 0 Å². The highest BCUT2D eigenvalue weighted by molar-refractivity contribution is 7.89. The lowest BCUT2D eigenvalue weighted by Gasteiger charge is -2.30. The molecule has 1 atom stereocenters. The molecular weight excluding hydrogens is 464 g/mol. The van der Waals surface area contributed by atoms with Gasteiger partial charge in [-0.15, -0.1) is 0 Å². The number of anilines is 1. The number of halogens is 2. The van der Waals surface area contributed by atoms with Crippen LogP contribution in [0.4, 0.5) is 14.5 Å². The molecule has 3 aromatic rings. The predicted molar refractivity (Wildman–Crippen MR) is 122 cm³/mol. The van der Waals surface area contributed by atoms with Crippen LogP contribution in [0.2, 0.25) is 0 Å². The van der Waals surface area contributed by atoms with Crippen LogP contribution in [0, 0.1) is 11.6 Å². The number of carbonyl (C=O) groups is 2. The molecule has 176 valence electrons. The van der Waals surface area contributed by atoms with E-state index in [2.05, 4.69) is 5.32 Å². The van der Waals surface area contributed by atoms with Crippen LogP contribution in [0.3, 0.4) is 0 Å². The first-order chi connectivity index (χ1) is 16.1. The fourth-order valence-corrected chi connectivity index (χ4v) is 4.72. The first-order valence-electron chi connectivity index (χ1n) is 10.3. The van der Waals surface area contributed by atoms with Gasteiger partial charge in [-0.3, -0.25) is 9.59 Å². The monoisotopic (exact) mass is 485 g/mol. The van der Waals surface area contributed by atoms with Crippen molar-refractivity contribution in [3.05, 3.63) is 95.1 Å². The normalized spacial score (nSPS) is 16.1. The number of hydrogen-bond donors (Lipinski definition) is 1. The molecule has 0 saturated heterocycles. The highest BCUT2D eigenvalue weighted by Gasteiger charge is 2.34. The summed E-state index contributed by atoms with van der Waals surface area (Å²) in [7, 11) is -0.900. The molecule has 0 aromatic heterocycles. The number of nitrogens with zero attached hydrogens (tertiary/aromatic N) is 2. The van der Waals surface area contributed by atoms with Crippen molar-refractivity contribution in [3.8, 4) is 0 Å². The summed E-state index contributed by atoms with van der Waals surface area (Å²) >= 11 is 0. The Morgan fingerprint density at radius 3 is 2.21 bits per heavy atom. The van der Waals surface area contributed by atoms with Gasteiger partial charge in [0.25, 0.3) is 5.91 Å². The quantitative estimate of drug-likeness (QED) is 0.614. The maximum Gasteiger partial charge on any atom is 0.255 e. The van der Waals surface area contributed by atoms with Gasteiger partial charge in [-0.05, 0) is 60.2 Å². The first kappa shape index (κ1) is 23.5. The predicted octanol–water partition coefficient (Wildman–Crippen LogP) is 3.40. The largest absolute Gasteiger partial charge is 0.324 e. The van der Waals surface area contributed by atoms with Gasteiger partial charge in [-0.25, -0.2) is 21.5 Å². The zero-order valence-electron chi connectivity index (χ0n) is 18.3. The molecule has 2 amide bonds. The molecule has 0 radical (unpaired) electrons. The van der Waals surface area contributed by atoms with E-state index < -0.39 is 39.5 Å². The number of carbonyl (C=O) groups excluding carboxylic acids is 2. The highest BCUT2D eigenvalue weighted by atomic mass is 32.2. The number of sulfonamides is 1. The van der Waals surface area contributed by atoms with E-state index >= 15 is 0 Å². The highest BCUT2D eigenvalue weighted by Crippen LogP contribution is 2.37. The maximum absolute atomic E-state index is 14.2. The van der Waals surface area contributed by atoms with E-state index in [4.69, 9.17) is 0 Å². The summed E-state index contributed by atoms with van der Waals surface area (Å²) in [5.41, 5.74) is 1.28. The number of amides is 2. The lowest BCUT2D eigenvalue weighted by molar-refractivity contribution is -0.117. The topological polar surface area (TPSA) is 86.8 Å².